The number of hydrogen-bond donors (Lipinski definition) is 1. The molecular formula is C24H17ClN2O2S. The van der Waals surface area contributed by atoms with E-state index in [1.54, 1.807) is 42.6 Å². The number of nitrogens with one attached hydrogen (secondary N) is 1. The van der Waals surface area contributed by atoms with E-state index in [4.69, 9.17) is 11.6 Å². The van der Waals surface area contributed by atoms with E-state index < -0.39 is 10.0 Å². The summed E-state index contributed by atoms with van der Waals surface area (Å²) in [5.74, 6) is 6.05. The van der Waals surface area contributed by atoms with Crippen LogP contribution in [0.1, 0.15) is 16.7 Å². The van der Waals surface area contributed by atoms with Crippen molar-refractivity contribution in [2.75, 3.05) is 0 Å². The summed E-state index contributed by atoms with van der Waals surface area (Å²) in [5.41, 5.74) is 3.26. The van der Waals surface area contributed by atoms with Crippen LogP contribution in [0.25, 0.3) is 10.9 Å². The summed E-state index contributed by atoms with van der Waals surface area (Å²) in [4.78, 5) is 4.49. The van der Waals surface area contributed by atoms with Crippen LogP contribution >= 0.6 is 11.6 Å². The Kier molecular flexibility index (Phi) is 5.82. The van der Waals surface area contributed by atoms with Gasteiger partial charge in [-0.2, -0.15) is 0 Å². The first-order chi connectivity index (χ1) is 14.5. The van der Waals surface area contributed by atoms with Crippen molar-refractivity contribution in [3.05, 3.63) is 107 Å². The number of sulfonamides is 1. The molecule has 3 aromatic carbocycles. The molecule has 0 aliphatic rings. The molecule has 1 N–H and O–H groups in total. The van der Waals surface area contributed by atoms with Crippen molar-refractivity contribution >= 4 is 32.5 Å². The van der Waals surface area contributed by atoms with E-state index in [0.29, 0.717) is 5.02 Å². The van der Waals surface area contributed by atoms with Gasteiger partial charge < -0.3 is 0 Å². The van der Waals surface area contributed by atoms with Gasteiger partial charge in [-0.1, -0.05) is 41.6 Å². The fourth-order valence-electron chi connectivity index (χ4n) is 2.96. The van der Waals surface area contributed by atoms with Crippen molar-refractivity contribution in [3.63, 3.8) is 0 Å². The topological polar surface area (TPSA) is 59.1 Å². The minimum Gasteiger partial charge on any atom is -0.256 e. The third kappa shape index (κ3) is 4.69. The first-order valence-electron chi connectivity index (χ1n) is 9.21. The van der Waals surface area contributed by atoms with E-state index in [-0.39, 0.29) is 11.4 Å². The molecule has 0 aliphatic carbocycles. The fourth-order valence-corrected chi connectivity index (χ4v) is 4.09. The number of nitrogens with zero attached hydrogens (tertiary/aromatic N) is 1. The second-order valence-corrected chi connectivity index (χ2v) is 8.80. The van der Waals surface area contributed by atoms with Crippen LogP contribution in [0.15, 0.2) is 90.0 Å². The van der Waals surface area contributed by atoms with Gasteiger partial charge in [-0.25, -0.2) is 13.1 Å². The van der Waals surface area contributed by atoms with E-state index >= 15 is 0 Å². The average Bonchev–Trinajstić information content (AvgIpc) is 2.77. The molecular weight excluding hydrogens is 416 g/mol. The number of rotatable bonds is 4. The van der Waals surface area contributed by atoms with Gasteiger partial charge in [-0.05, 0) is 66.2 Å². The number of halogens is 1. The van der Waals surface area contributed by atoms with Crippen molar-refractivity contribution in [3.8, 4) is 11.8 Å². The van der Waals surface area contributed by atoms with E-state index in [1.807, 2.05) is 42.5 Å². The lowest BCUT2D eigenvalue weighted by Crippen LogP contribution is -2.23. The Morgan fingerprint density at radius 3 is 2.17 bits per heavy atom. The van der Waals surface area contributed by atoms with Gasteiger partial charge in [0.1, 0.15) is 0 Å². The predicted octanol–water partition coefficient (Wildman–Crippen LogP) is 4.77. The van der Waals surface area contributed by atoms with Gasteiger partial charge in [0, 0.05) is 34.3 Å². The minimum absolute atomic E-state index is 0.184. The van der Waals surface area contributed by atoms with Crippen molar-refractivity contribution < 1.29 is 8.42 Å². The van der Waals surface area contributed by atoms with Crippen LogP contribution in [0.5, 0.6) is 0 Å². The first-order valence-corrected chi connectivity index (χ1v) is 11.1. The number of fused-ring (bicyclic) bond motifs is 1. The van der Waals surface area contributed by atoms with Crippen LogP contribution in [0.4, 0.5) is 0 Å². The lowest BCUT2D eigenvalue weighted by Gasteiger charge is -2.09. The predicted molar refractivity (Wildman–Crippen MR) is 120 cm³/mol. The zero-order chi connectivity index (χ0) is 21.0. The second-order valence-electron chi connectivity index (χ2n) is 6.59. The average molecular weight is 433 g/mol. The molecule has 0 fully saturated rings. The number of hydrogen-bond acceptors (Lipinski definition) is 3. The highest BCUT2D eigenvalue weighted by Gasteiger charge is 2.14. The number of aromatic nitrogens is 1. The lowest BCUT2D eigenvalue weighted by atomic mass is 10.1. The lowest BCUT2D eigenvalue weighted by molar-refractivity contribution is 0.581. The molecule has 148 valence electrons. The summed E-state index contributed by atoms with van der Waals surface area (Å²) in [5, 5.41) is 1.58. The summed E-state index contributed by atoms with van der Waals surface area (Å²) in [6.07, 6.45) is 1.68. The highest BCUT2D eigenvalue weighted by atomic mass is 35.5. The van der Waals surface area contributed by atoms with E-state index in [9.17, 15) is 8.42 Å². The second kappa shape index (κ2) is 8.68. The van der Waals surface area contributed by atoms with Crippen LogP contribution in [0, 0.1) is 11.8 Å². The molecule has 0 amide bonds. The molecule has 4 aromatic rings. The summed E-state index contributed by atoms with van der Waals surface area (Å²) in [6.45, 7) is 0.184. The molecule has 4 rings (SSSR count). The van der Waals surface area contributed by atoms with Crippen LogP contribution < -0.4 is 4.72 Å². The standard InChI is InChI=1S/C24H17ClN2O2S/c25-21-11-7-18(8-12-21)5-6-19-9-13-22(14-10-19)30(28,29)27-17-20-15-16-26-24-4-2-1-3-23(20)24/h1-4,7-16,27H,17H2. The molecule has 0 bridgehead atoms. The molecule has 0 spiro atoms. The molecule has 0 radical (unpaired) electrons. The van der Waals surface area contributed by atoms with Gasteiger partial charge in [0.2, 0.25) is 10.0 Å². The van der Waals surface area contributed by atoms with Gasteiger partial charge in [-0.3, -0.25) is 4.98 Å². The van der Waals surface area contributed by atoms with Crippen LogP contribution in [-0.2, 0) is 16.6 Å². The van der Waals surface area contributed by atoms with Gasteiger partial charge in [0.25, 0.3) is 0 Å². The Bertz CT molecular complexity index is 1350. The SMILES string of the molecule is O=S(=O)(NCc1ccnc2ccccc12)c1ccc(C#Cc2ccc(Cl)cc2)cc1. The molecule has 0 aliphatic heterocycles. The molecule has 0 unspecified atom stereocenters. The zero-order valence-electron chi connectivity index (χ0n) is 15.8. The number of para-hydroxylation sites is 1. The molecule has 0 atom stereocenters. The third-order valence-electron chi connectivity index (χ3n) is 4.55. The van der Waals surface area contributed by atoms with E-state index in [1.165, 1.54) is 0 Å². The smallest absolute Gasteiger partial charge is 0.240 e. The number of benzene rings is 3. The quantitative estimate of drug-likeness (QED) is 0.473. The van der Waals surface area contributed by atoms with Crippen molar-refractivity contribution in [2.24, 2.45) is 0 Å². The van der Waals surface area contributed by atoms with Gasteiger partial charge in [0.15, 0.2) is 0 Å². The Morgan fingerprint density at radius 1 is 0.833 bits per heavy atom. The van der Waals surface area contributed by atoms with Crippen molar-refractivity contribution in [2.45, 2.75) is 11.4 Å². The Hall–Kier alpha value is -3.17. The van der Waals surface area contributed by atoms with Crippen LogP contribution in [0.2, 0.25) is 5.02 Å². The highest BCUT2D eigenvalue weighted by molar-refractivity contribution is 7.89. The largest absolute Gasteiger partial charge is 0.256 e. The first kappa shape index (κ1) is 20.1. The highest BCUT2D eigenvalue weighted by Crippen LogP contribution is 2.17. The van der Waals surface area contributed by atoms with Crippen LogP contribution in [-0.4, -0.2) is 13.4 Å². The summed E-state index contributed by atoms with van der Waals surface area (Å²) in [7, 11) is -3.65. The van der Waals surface area contributed by atoms with Gasteiger partial charge >= 0.3 is 0 Å². The molecule has 1 aromatic heterocycles. The maximum absolute atomic E-state index is 12.7. The van der Waals surface area contributed by atoms with Crippen molar-refractivity contribution in [1.82, 2.24) is 9.71 Å². The molecule has 4 nitrogen and oxygen atoms in total. The molecule has 0 saturated carbocycles. The number of pyridine rings is 1. The Balaban J connectivity index is 1.48. The molecule has 0 saturated heterocycles. The van der Waals surface area contributed by atoms with E-state index in [0.717, 1.165) is 27.6 Å². The summed E-state index contributed by atoms with van der Waals surface area (Å²) in [6, 6.07) is 23.2. The van der Waals surface area contributed by atoms with Gasteiger partial charge in [-0.15, -0.1) is 0 Å². The van der Waals surface area contributed by atoms with Gasteiger partial charge in [0.05, 0.1) is 10.4 Å². The monoisotopic (exact) mass is 432 g/mol. The minimum atomic E-state index is -3.65. The summed E-state index contributed by atoms with van der Waals surface area (Å²) < 4.78 is 28.0. The molecule has 1 heterocycles. The fraction of sp³-hybridized carbons (Fsp3) is 0.0417. The third-order valence-corrected chi connectivity index (χ3v) is 6.22. The molecule has 30 heavy (non-hydrogen) atoms. The zero-order valence-corrected chi connectivity index (χ0v) is 17.4. The molecule has 6 heteroatoms. The maximum Gasteiger partial charge on any atom is 0.240 e. The maximum atomic E-state index is 12.7. The van der Waals surface area contributed by atoms with Crippen LogP contribution in [0.3, 0.4) is 0 Å². The Morgan fingerprint density at radius 2 is 1.47 bits per heavy atom. The normalized spacial score (nSPS) is 11.1. The van der Waals surface area contributed by atoms with E-state index in [2.05, 4.69) is 21.5 Å². The van der Waals surface area contributed by atoms with Crippen molar-refractivity contribution in [1.29, 1.82) is 0 Å². The Labute approximate surface area is 180 Å². The summed E-state index contributed by atoms with van der Waals surface area (Å²) >= 11 is 5.87.